The Kier molecular flexibility index (Phi) is 5.02. The first-order valence-corrected chi connectivity index (χ1v) is 7.13. The Morgan fingerprint density at radius 3 is 2.76 bits per heavy atom. The molecule has 0 bridgehead atoms. The summed E-state index contributed by atoms with van der Waals surface area (Å²) in [6.45, 7) is 1.85. The third-order valence-electron chi connectivity index (χ3n) is 2.58. The molecule has 0 unspecified atom stereocenters. The number of thiazole rings is 1. The van der Waals surface area contributed by atoms with Crippen LogP contribution in [0.3, 0.4) is 0 Å². The topological polar surface area (TPSA) is 65.8 Å². The van der Waals surface area contributed by atoms with Crippen molar-refractivity contribution >= 4 is 28.5 Å². The van der Waals surface area contributed by atoms with E-state index in [0.717, 1.165) is 11.1 Å². The fourth-order valence-corrected chi connectivity index (χ4v) is 2.20. The summed E-state index contributed by atoms with van der Waals surface area (Å²) in [5, 5.41) is 13.9. The minimum absolute atomic E-state index is 0.0508. The number of carbonyl (C=O) groups is 1. The van der Waals surface area contributed by atoms with Gasteiger partial charge in [0, 0.05) is 11.6 Å². The quantitative estimate of drug-likeness (QED) is 0.532. The Morgan fingerprint density at radius 2 is 2.14 bits per heavy atom. The van der Waals surface area contributed by atoms with Gasteiger partial charge >= 0.3 is 0 Å². The highest BCUT2D eigenvalue weighted by atomic mass is 32.1. The number of rotatable bonds is 4. The minimum atomic E-state index is -0.451. The van der Waals surface area contributed by atoms with E-state index >= 15 is 0 Å². The molecular weight excluding hydrogens is 282 g/mol. The number of hydrogen-bond donors (Lipinski definition) is 1. The lowest BCUT2D eigenvalue weighted by molar-refractivity contribution is -0.112. The van der Waals surface area contributed by atoms with Gasteiger partial charge in [0.2, 0.25) is 0 Å². The van der Waals surface area contributed by atoms with E-state index in [9.17, 15) is 4.79 Å². The average molecular weight is 295 g/mol. The number of nitrogens with one attached hydrogen (secondary N) is 1. The van der Waals surface area contributed by atoms with E-state index in [2.05, 4.69) is 10.3 Å². The maximum Gasteiger partial charge on any atom is 0.268 e. The Bertz CT molecular complexity index is 710. The third-order valence-corrected chi connectivity index (χ3v) is 3.27. The van der Waals surface area contributed by atoms with E-state index < -0.39 is 5.91 Å². The normalized spacial score (nSPS) is 11.8. The van der Waals surface area contributed by atoms with Crippen molar-refractivity contribution < 1.29 is 4.79 Å². The third kappa shape index (κ3) is 4.41. The number of nitriles is 1. The van der Waals surface area contributed by atoms with Crippen LogP contribution in [-0.4, -0.2) is 10.9 Å². The molecule has 1 heterocycles. The number of allylic oxidation sites excluding steroid dienone is 2. The molecule has 1 aromatic heterocycles. The summed E-state index contributed by atoms with van der Waals surface area (Å²) in [6, 6.07) is 11.6. The SMILES string of the molecule is CC(=C\c1ccccc1)/C=C(\C#N)C(=O)Nc1nccs1. The molecule has 0 spiro atoms. The lowest BCUT2D eigenvalue weighted by atomic mass is 10.1. The van der Waals surface area contributed by atoms with Crippen molar-refractivity contribution in [1.82, 2.24) is 4.98 Å². The monoisotopic (exact) mass is 295 g/mol. The summed E-state index contributed by atoms with van der Waals surface area (Å²) in [7, 11) is 0. The van der Waals surface area contributed by atoms with Crippen LogP contribution in [0.25, 0.3) is 6.08 Å². The molecule has 1 N–H and O–H groups in total. The molecule has 0 saturated carbocycles. The molecule has 0 aliphatic heterocycles. The van der Waals surface area contributed by atoms with Crippen LogP contribution in [0.2, 0.25) is 0 Å². The molecular formula is C16H13N3OS. The summed E-state index contributed by atoms with van der Waals surface area (Å²) in [4.78, 5) is 15.9. The van der Waals surface area contributed by atoms with E-state index in [1.54, 1.807) is 17.7 Å². The van der Waals surface area contributed by atoms with Crippen molar-refractivity contribution in [2.75, 3.05) is 5.32 Å². The van der Waals surface area contributed by atoms with E-state index in [0.29, 0.717) is 5.13 Å². The Hall–Kier alpha value is -2.71. The van der Waals surface area contributed by atoms with Gasteiger partial charge in [-0.1, -0.05) is 36.4 Å². The van der Waals surface area contributed by atoms with Crippen LogP contribution in [0, 0.1) is 11.3 Å². The molecule has 104 valence electrons. The second-order valence-corrected chi connectivity index (χ2v) is 5.15. The molecule has 0 fully saturated rings. The van der Waals surface area contributed by atoms with E-state index in [1.807, 2.05) is 49.4 Å². The Morgan fingerprint density at radius 1 is 1.38 bits per heavy atom. The van der Waals surface area contributed by atoms with Crippen molar-refractivity contribution in [1.29, 1.82) is 5.26 Å². The fourth-order valence-electron chi connectivity index (χ4n) is 1.68. The molecule has 1 amide bonds. The van der Waals surface area contributed by atoms with Gasteiger partial charge in [0.25, 0.3) is 5.91 Å². The molecule has 4 nitrogen and oxygen atoms in total. The maximum absolute atomic E-state index is 12.0. The zero-order chi connectivity index (χ0) is 15.1. The zero-order valence-electron chi connectivity index (χ0n) is 11.4. The predicted octanol–water partition coefficient (Wildman–Crippen LogP) is 3.64. The van der Waals surface area contributed by atoms with Gasteiger partial charge in [-0.05, 0) is 24.1 Å². The molecule has 0 atom stereocenters. The van der Waals surface area contributed by atoms with Crippen molar-refractivity contribution in [3.63, 3.8) is 0 Å². The first kappa shape index (κ1) is 14.7. The van der Waals surface area contributed by atoms with Gasteiger partial charge in [-0.15, -0.1) is 11.3 Å². The average Bonchev–Trinajstić information content (AvgIpc) is 2.98. The van der Waals surface area contributed by atoms with Crippen LogP contribution in [-0.2, 0) is 4.79 Å². The minimum Gasteiger partial charge on any atom is -0.297 e. The van der Waals surface area contributed by atoms with Gasteiger partial charge in [-0.25, -0.2) is 4.98 Å². The highest BCUT2D eigenvalue weighted by Gasteiger charge is 2.10. The molecule has 0 aliphatic carbocycles. The standard InChI is InChI=1S/C16H13N3OS/c1-12(9-13-5-3-2-4-6-13)10-14(11-17)15(20)19-16-18-7-8-21-16/h2-10H,1H3,(H,18,19,20)/b12-9+,14-10+. The summed E-state index contributed by atoms with van der Waals surface area (Å²) in [6.07, 6.45) is 5.07. The summed E-state index contributed by atoms with van der Waals surface area (Å²) >= 11 is 1.31. The van der Waals surface area contributed by atoms with Crippen molar-refractivity contribution in [3.8, 4) is 6.07 Å². The number of amides is 1. The second kappa shape index (κ2) is 7.17. The largest absolute Gasteiger partial charge is 0.297 e. The number of carbonyl (C=O) groups excluding carboxylic acids is 1. The van der Waals surface area contributed by atoms with Crippen LogP contribution < -0.4 is 5.32 Å². The number of hydrogen-bond acceptors (Lipinski definition) is 4. The molecule has 0 saturated heterocycles. The Balaban J connectivity index is 2.15. The number of anilines is 1. The highest BCUT2D eigenvalue weighted by Crippen LogP contribution is 2.13. The fraction of sp³-hybridized carbons (Fsp3) is 0.0625. The molecule has 1 aromatic carbocycles. The summed E-state index contributed by atoms with van der Waals surface area (Å²) in [5.41, 5.74) is 1.89. The van der Waals surface area contributed by atoms with Gasteiger partial charge in [0.15, 0.2) is 5.13 Å². The van der Waals surface area contributed by atoms with Gasteiger partial charge in [0.1, 0.15) is 11.6 Å². The van der Waals surface area contributed by atoms with Crippen LogP contribution in [0.4, 0.5) is 5.13 Å². The molecule has 21 heavy (non-hydrogen) atoms. The van der Waals surface area contributed by atoms with Gasteiger partial charge in [-0.2, -0.15) is 5.26 Å². The highest BCUT2D eigenvalue weighted by molar-refractivity contribution is 7.13. The van der Waals surface area contributed by atoms with Crippen molar-refractivity contribution in [2.24, 2.45) is 0 Å². The maximum atomic E-state index is 12.0. The van der Waals surface area contributed by atoms with E-state index in [4.69, 9.17) is 5.26 Å². The lowest BCUT2D eigenvalue weighted by Crippen LogP contribution is -2.13. The van der Waals surface area contributed by atoms with E-state index in [-0.39, 0.29) is 5.57 Å². The van der Waals surface area contributed by atoms with Crippen LogP contribution in [0.15, 0.2) is 59.1 Å². The van der Waals surface area contributed by atoms with Crippen LogP contribution in [0.5, 0.6) is 0 Å². The van der Waals surface area contributed by atoms with Gasteiger partial charge < -0.3 is 0 Å². The van der Waals surface area contributed by atoms with Crippen molar-refractivity contribution in [2.45, 2.75) is 6.92 Å². The number of aromatic nitrogens is 1. The van der Waals surface area contributed by atoms with Crippen LogP contribution >= 0.6 is 11.3 Å². The summed E-state index contributed by atoms with van der Waals surface area (Å²) < 4.78 is 0. The van der Waals surface area contributed by atoms with Crippen LogP contribution in [0.1, 0.15) is 12.5 Å². The first-order chi connectivity index (χ1) is 10.2. The number of benzene rings is 1. The first-order valence-electron chi connectivity index (χ1n) is 6.25. The Labute approximate surface area is 127 Å². The summed E-state index contributed by atoms with van der Waals surface area (Å²) in [5.74, 6) is -0.451. The van der Waals surface area contributed by atoms with Gasteiger partial charge in [0.05, 0.1) is 0 Å². The second-order valence-electron chi connectivity index (χ2n) is 4.26. The number of nitrogens with zero attached hydrogens (tertiary/aromatic N) is 2. The molecule has 2 aromatic rings. The molecule has 5 heteroatoms. The molecule has 0 radical (unpaired) electrons. The smallest absolute Gasteiger partial charge is 0.268 e. The molecule has 0 aliphatic rings. The van der Waals surface area contributed by atoms with Gasteiger partial charge in [-0.3, -0.25) is 10.1 Å². The lowest BCUT2D eigenvalue weighted by Gasteiger charge is -2.00. The predicted molar refractivity (Wildman–Crippen MR) is 84.5 cm³/mol. The zero-order valence-corrected chi connectivity index (χ0v) is 12.2. The van der Waals surface area contributed by atoms with Crippen molar-refractivity contribution in [3.05, 3.63) is 64.7 Å². The molecule has 2 rings (SSSR count). The van der Waals surface area contributed by atoms with E-state index in [1.165, 1.54) is 11.3 Å².